The minimum atomic E-state index is -0.696. The molecule has 0 bridgehead atoms. The Bertz CT molecular complexity index is 473. The number of rotatable bonds is 3. The summed E-state index contributed by atoms with van der Waals surface area (Å²) in [6.45, 7) is 2.11. The molecule has 0 saturated heterocycles. The van der Waals surface area contributed by atoms with Gasteiger partial charge in [0.05, 0.1) is 15.5 Å². The van der Waals surface area contributed by atoms with E-state index in [1.165, 1.54) is 0 Å². The summed E-state index contributed by atoms with van der Waals surface area (Å²) in [5.41, 5.74) is 0.317. The van der Waals surface area contributed by atoms with Gasteiger partial charge in [0, 0.05) is 0 Å². The summed E-state index contributed by atoms with van der Waals surface area (Å²) in [4.78, 5) is 11.6. The maximum absolute atomic E-state index is 11.6. The van der Waals surface area contributed by atoms with Gasteiger partial charge in [0.1, 0.15) is 0 Å². The third-order valence-corrected chi connectivity index (χ3v) is 4.57. The van der Waals surface area contributed by atoms with E-state index in [1.54, 1.807) is 12.1 Å². The average molecular weight is 287 g/mol. The molecular weight excluding hydrogens is 271 g/mol. The average Bonchev–Trinajstić information content (AvgIpc) is 2.67. The molecule has 2 unspecified atom stereocenters. The lowest BCUT2D eigenvalue weighted by molar-refractivity contribution is -0.148. The lowest BCUT2D eigenvalue weighted by Crippen LogP contribution is -2.30. The summed E-state index contributed by atoms with van der Waals surface area (Å²) in [7, 11) is 0. The predicted octanol–water partition coefficient (Wildman–Crippen LogP) is 4.43. The fraction of sp³-hybridized carbons (Fsp3) is 0.500. The lowest BCUT2D eigenvalue weighted by atomic mass is 9.79. The van der Waals surface area contributed by atoms with Crippen LogP contribution in [-0.2, 0) is 11.2 Å². The number of carbonyl (C=O) groups is 1. The van der Waals surface area contributed by atoms with Gasteiger partial charge in [0.2, 0.25) is 0 Å². The number of aliphatic carboxylic acids is 1. The highest BCUT2D eigenvalue weighted by Gasteiger charge is 2.44. The Morgan fingerprint density at radius 1 is 1.44 bits per heavy atom. The van der Waals surface area contributed by atoms with Crippen LogP contribution in [0.2, 0.25) is 10.0 Å². The molecule has 0 radical (unpaired) electrons. The van der Waals surface area contributed by atoms with E-state index in [1.807, 2.05) is 6.07 Å². The van der Waals surface area contributed by atoms with Crippen molar-refractivity contribution in [3.05, 3.63) is 33.8 Å². The summed E-state index contributed by atoms with van der Waals surface area (Å²) in [6, 6.07) is 5.37. The van der Waals surface area contributed by atoms with Crippen molar-refractivity contribution in [3.63, 3.8) is 0 Å². The number of benzene rings is 1. The van der Waals surface area contributed by atoms with Crippen LogP contribution >= 0.6 is 23.2 Å². The van der Waals surface area contributed by atoms with Gasteiger partial charge in [0.25, 0.3) is 0 Å². The quantitative estimate of drug-likeness (QED) is 0.893. The van der Waals surface area contributed by atoms with Gasteiger partial charge in [0.15, 0.2) is 0 Å². The third-order valence-electron chi connectivity index (χ3n) is 3.84. The number of halogens is 2. The topological polar surface area (TPSA) is 37.3 Å². The Hall–Kier alpha value is -0.730. The molecule has 2 nitrogen and oxygen atoms in total. The van der Waals surface area contributed by atoms with Crippen LogP contribution in [0.1, 0.15) is 31.7 Å². The monoisotopic (exact) mass is 286 g/mol. The van der Waals surface area contributed by atoms with Crippen molar-refractivity contribution in [1.82, 2.24) is 0 Å². The molecule has 1 aliphatic rings. The fourth-order valence-electron chi connectivity index (χ4n) is 2.86. The van der Waals surface area contributed by atoms with E-state index in [0.29, 0.717) is 22.4 Å². The highest BCUT2D eigenvalue weighted by Crippen LogP contribution is 2.44. The summed E-state index contributed by atoms with van der Waals surface area (Å²) in [5, 5.41) is 10.5. The second-order valence-corrected chi connectivity index (χ2v) is 6.17. The zero-order chi connectivity index (χ0) is 13.3. The van der Waals surface area contributed by atoms with E-state index in [0.717, 1.165) is 24.8 Å². The van der Waals surface area contributed by atoms with Crippen LogP contribution in [0.15, 0.2) is 18.2 Å². The number of hydrogen-bond donors (Lipinski definition) is 1. The van der Waals surface area contributed by atoms with Crippen LogP contribution in [0.5, 0.6) is 0 Å². The Morgan fingerprint density at radius 2 is 2.17 bits per heavy atom. The third kappa shape index (κ3) is 2.65. The second kappa shape index (κ2) is 5.10. The largest absolute Gasteiger partial charge is 0.481 e. The molecule has 0 aliphatic heterocycles. The molecule has 4 heteroatoms. The normalized spacial score (nSPS) is 27.4. The molecule has 1 aromatic carbocycles. The Labute approximate surface area is 117 Å². The van der Waals surface area contributed by atoms with Gasteiger partial charge in [-0.25, -0.2) is 0 Å². The molecule has 2 rings (SSSR count). The van der Waals surface area contributed by atoms with Gasteiger partial charge in [-0.3, -0.25) is 4.79 Å². The number of hydrogen-bond acceptors (Lipinski definition) is 1. The highest BCUT2D eigenvalue weighted by atomic mass is 35.5. The summed E-state index contributed by atoms with van der Waals surface area (Å²) in [6.07, 6.45) is 2.99. The maximum Gasteiger partial charge on any atom is 0.309 e. The van der Waals surface area contributed by atoms with E-state index in [4.69, 9.17) is 23.2 Å². The summed E-state index contributed by atoms with van der Waals surface area (Å²) >= 11 is 11.8. The molecule has 98 valence electrons. The van der Waals surface area contributed by atoms with Crippen molar-refractivity contribution in [3.8, 4) is 0 Å². The molecule has 1 saturated carbocycles. The first-order valence-electron chi connectivity index (χ1n) is 6.10. The molecular formula is C14H16Cl2O2. The minimum Gasteiger partial charge on any atom is -0.481 e. The van der Waals surface area contributed by atoms with Crippen molar-refractivity contribution in [2.45, 2.75) is 32.6 Å². The van der Waals surface area contributed by atoms with Crippen LogP contribution in [0.25, 0.3) is 0 Å². The van der Waals surface area contributed by atoms with E-state index in [9.17, 15) is 9.90 Å². The first-order valence-corrected chi connectivity index (χ1v) is 6.86. The maximum atomic E-state index is 11.6. The van der Waals surface area contributed by atoms with Gasteiger partial charge in [-0.05, 0) is 49.3 Å². The Balaban J connectivity index is 2.24. The van der Waals surface area contributed by atoms with E-state index in [2.05, 4.69) is 6.92 Å². The van der Waals surface area contributed by atoms with Gasteiger partial charge in [-0.1, -0.05) is 36.2 Å². The minimum absolute atomic E-state index is 0.476. The van der Waals surface area contributed by atoms with Crippen LogP contribution in [0, 0.1) is 11.3 Å². The fourth-order valence-corrected chi connectivity index (χ4v) is 3.19. The Kier molecular flexibility index (Phi) is 3.88. The molecule has 18 heavy (non-hydrogen) atoms. The van der Waals surface area contributed by atoms with Gasteiger partial charge in [-0.15, -0.1) is 0 Å². The first-order chi connectivity index (χ1) is 8.43. The summed E-state index contributed by atoms with van der Waals surface area (Å²) in [5.74, 6) is -0.221. The van der Waals surface area contributed by atoms with E-state index >= 15 is 0 Å². The van der Waals surface area contributed by atoms with Gasteiger partial charge in [-0.2, -0.15) is 0 Å². The predicted molar refractivity (Wildman–Crippen MR) is 73.2 cm³/mol. The SMILES string of the molecule is CC1CCC(Cc2ccc(Cl)c(Cl)c2)(C(=O)O)C1. The highest BCUT2D eigenvalue weighted by molar-refractivity contribution is 6.42. The Morgan fingerprint density at radius 3 is 2.67 bits per heavy atom. The number of carboxylic acid groups (broad SMARTS) is 1. The molecule has 1 N–H and O–H groups in total. The van der Waals surface area contributed by atoms with Crippen LogP contribution in [-0.4, -0.2) is 11.1 Å². The molecule has 1 fully saturated rings. The van der Waals surface area contributed by atoms with Crippen molar-refractivity contribution < 1.29 is 9.90 Å². The van der Waals surface area contributed by atoms with Crippen LogP contribution in [0.3, 0.4) is 0 Å². The second-order valence-electron chi connectivity index (χ2n) is 5.36. The molecule has 0 heterocycles. The van der Waals surface area contributed by atoms with Crippen molar-refractivity contribution in [1.29, 1.82) is 0 Å². The molecule has 1 aliphatic carbocycles. The van der Waals surface area contributed by atoms with Gasteiger partial charge < -0.3 is 5.11 Å². The van der Waals surface area contributed by atoms with E-state index < -0.39 is 11.4 Å². The van der Waals surface area contributed by atoms with Crippen molar-refractivity contribution in [2.24, 2.45) is 11.3 Å². The van der Waals surface area contributed by atoms with Crippen molar-refractivity contribution in [2.75, 3.05) is 0 Å². The van der Waals surface area contributed by atoms with Crippen LogP contribution < -0.4 is 0 Å². The lowest BCUT2D eigenvalue weighted by Gasteiger charge is -2.24. The standard InChI is InChI=1S/C14H16Cl2O2/c1-9-4-5-14(7-9,13(17)18)8-10-2-3-11(15)12(16)6-10/h2-3,6,9H,4-5,7-8H2,1H3,(H,17,18). The van der Waals surface area contributed by atoms with E-state index in [-0.39, 0.29) is 0 Å². The molecule has 2 atom stereocenters. The molecule has 0 spiro atoms. The first kappa shape index (κ1) is 13.7. The molecule has 0 aromatic heterocycles. The smallest absolute Gasteiger partial charge is 0.309 e. The van der Waals surface area contributed by atoms with Crippen LogP contribution in [0.4, 0.5) is 0 Å². The zero-order valence-corrected chi connectivity index (χ0v) is 11.8. The van der Waals surface area contributed by atoms with Crippen molar-refractivity contribution >= 4 is 29.2 Å². The molecule has 0 amide bonds. The zero-order valence-electron chi connectivity index (χ0n) is 10.2. The van der Waals surface area contributed by atoms with Gasteiger partial charge >= 0.3 is 5.97 Å². The summed E-state index contributed by atoms with van der Waals surface area (Å²) < 4.78 is 0. The molecule has 1 aromatic rings. The number of carboxylic acids is 1.